The first-order valence-corrected chi connectivity index (χ1v) is 12.7. The average molecular weight is 524 g/mol. The summed E-state index contributed by atoms with van der Waals surface area (Å²) in [5, 5.41) is 1.39. The topological polar surface area (TPSA) is 50.8 Å². The van der Waals surface area contributed by atoms with Gasteiger partial charge in [0.2, 0.25) is 0 Å². The van der Waals surface area contributed by atoms with Gasteiger partial charge in [-0.3, -0.25) is 4.98 Å². The van der Waals surface area contributed by atoms with Crippen LogP contribution in [0, 0.1) is 13.8 Å². The molecule has 4 nitrogen and oxygen atoms in total. The molecule has 4 aromatic rings. The van der Waals surface area contributed by atoms with E-state index >= 15 is 0 Å². The molecule has 0 fully saturated rings. The minimum atomic E-state index is -4.38. The number of thioether (sulfide) groups is 2. The number of fused-ring (bicyclic) bond motifs is 1. The highest BCUT2D eigenvalue weighted by Gasteiger charge is 2.28. The Bertz CT molecular complexity index is 1290. The summed E-state index contributed by atoms with van der Waals surface area (Å²) in [6, 6.07) is 12.5. The number of aryl methyl sites for hydroxylation is 1. The van der Waals surface area contributed by atoms with E-state index in [1.807, 2.05) is 30.5 Å². The third kappa shape index (κ3) is 6.40. The van der Waals surface area contributed by atoms with Crippen LogP contribution in [0.4, 0.5) is 13.2 Å². The number of halogens is 4. The first-order valence-electron chi connectivity index (χ1n) is 10.3. The molecular weight excluding hydrogens is 503 g/mol. The van der Waals surface area contributed by atoms with Crippen LogP contribution in [0.25, 0.3) is 11.0 Å². The monoisotopic (exact) mass is 523 g/mol. The Morgan fingerprint density at radius 2 is 1.79 bits per heavy atom. The number of hydrogen-bond donors (Lipinski definition) is 1. The van der Waals surface area contributed by atoms with Gasteiger partial charge in [-0.25, -0.2) is 4.98 Å². The number of ether oxygens (including phenoxy) is 1. The third-order valence-electron chi connectivity index (χ3n) is 5.02. The highest BCUT2D eigenvalue weighted by atomic mass is 35.5. The first-order chi connectivity index (χ1) is 16.2. The second kappa shape index (κ2) is 10.5. The Hall–Kier alpha value is -2.36. The fraction of sp³-hybridized carbons (Fsp3) is 0.250. The molecule has 0 radical (unpaired) electrons. The van der Waals surface area contributed by atoms with Crippen LogP contribution in [0.2, 0.25) is 5.02 Å². The molecule has 2 aromatic carbocycles. The van der Waals surface area contributed by atoms with Crippen molar-refractivity contribution < 1.29 is 17.9 Å². The molecule has 1 N–H and O–H groups in total. The Labute approximate surface area is 208 Å². The van der Waals surface area contributed by atoms with Gasteiger partial charge in [0.15, 0.2) is 11.8 Å². The zero-order chi connectivity index (χ0) is 24.3. The third-order valence-corrected chi connectivity index (χ3v) is 7.55. The fourth-order valence-electron chi connectivity index (χ4n) is 3.29. The lowest BCUT2D eigenvalue weighted by atomic mass is 10.2. The molecule has 2 aromatic heterocycles. The van der Waals surface area contributed by atoms with Gasteiger partial charge in [0.25, 0.3) is 0 Å². The van der Waals surface area contributed by atoms with Crippen LogP contribution >= 0.6 is 35.1 Å². The van der Waals surface area contributed by atoms with Gasteiger partial charge in [-0.15, -0.1) is 11.8 Å². The van der Waals surface area contributed by atoms with Gasteiger partial charge in [0.05, 0.1) is 16.7 Å². The molecule has 4 rings (SSSR count). The van der Waals surface area contributed by atoms with E-state index in [1.165, 1.54) is 34.4 Å². The van der Waals surface area contributed by atoms with Crippen molar-refractivity contribution in [3.8, 4) is 5.75 Å². The average Bonchev–Trinajstić information content (AvgIpc) is 3.20. The van der Waals surface area contributed by atoms with Gasteiger partial charge in [-0.1, -0.05) is 35.5 Å². The van der Waals surface area contributed by atoms with Crippen molar-refractivity contribution in [2.24, 2.45) is 0 Å². The SMILES string of the molecule is Cc1cnc(CSc2nc3ccc(OCC(F)(F)F)cc3[nH]2)c(C)c1SCc1ccc(Cl)cc1. The highest BCUT2D eigenvalue weighted by molar-refractivity contribution is 7.98. The first kappa shape index (κ1) is 24.8. The van der Waals surface area contributed by atoms with E-state index in [9.17, 15) is 13.2 Å². The Balaban J connectivity index is 1.43. The standard InChI is InChI=1S/C24H21ClF3N3OS2/c1-14-10-29-21(15(2)22(14)33-11-16-3-5-17(25)6-4-16)12-34-23-30-19-8-7-18(9-20(19)31-23)32-13-24(26,27)28/h3-10H,11-13H2,1-2H3,(H,30,31). The molecule has 0 spiro atoms. The van der Waals surface area contributed by atoms with E-state index in [0.29, 0.717) is 21.9 Å². The summed E-state index contributed by atoms with van der Waals surface area (Å²) in [4.78, 5) is 13.5. The molecule has 178 valence electrons. The Morgan fingerprint density at radius 1 is 1.03 bits per heavy atom. The van der Waals surface area contributed by atoms with Crippen molar-refractivity contribution >= 4 is 46.2 Å². The lowest BCUT2D eigenvalue weighted by Gasteiger charge is -2.13. The Morgan fingerprint density at radius 3 is 2.53 bits per heavy atom. The van der Waals surface area contributed by atoms with Crippen molar-refractivity contribution in [2.45, 2.75) is 41.6 Å². The highest BCUT2D eigenvalue weighted by Crippen LogP contribution is 2.33. The zero-order valence-electron chi connectivity index (χ0n) is 18.4. The van der Waals surface area contributed by atoms with Gasteiger partial charge < -0.3 is 9.72 Å². The minimum absolute atomic E-state index is 0.142. The minimum Gasteiger partial charge on any atom is -0.484 e. The molecule has 10 heteroatoms. The molecule has 0 bridgehead atoms. The quantitative estimate of drug-likeness (QED) is 0.239. The number of hydrogen-bond acceptors (Lipinski definition) is 5. The zero-order valence-corrected chi connectivity index (χ0v) is 20.8. The normalized spacial score (nSPS) is 11.8. The van der Waals surface area contributed by atoms with E-state index in [2.05, 4.69) is 28.8 Å². The summed E-state index contributed by atoms with van der Waals surface area (Å²) >= 11 is 9.24. The van der Waals surface area contributed by atoms with Crippen LogP contribution in [0.1, 0.15) is 22.4 Å². The summed E-state index contributed by atoms with van der Waals surface area (Å²) in [7, 11) is 0. The number of aromatic nitrogens is 3. The van der Waals surface area contributed by atoms with Crippen LogP contribution < -0.4 is 4.74 Å². The smallest absolute Gasteiger partial charge is 0.422 e. The van der Waals surface area contributed by atoms with Gasteiger partial charge in [0, 0.05) is 33.7 Å². The molecule has 0 aliphatic heterocycles. The fourth-order valence-corrected chi connectivity index (χ4v) is 5.44. The summed E-state index contributed by atoms with van der Waals surface area (Å²) < 4.78 is 42.0. The molecule has 0 saturated heterocycles. The number of alkyl halides is 3. The Kier molecular flexibility index (Phi) is 7.64. The second-order valence-electron chi connectivity index (χ2n) is 7.67. The maximum absolute atomic E-state index is 12.4. The molecule has 0 atom stereocenters. The summed E-state index contributed by atoms with van der Waals surface area (Å²) in [6.07, 6.45) is -2.50. The predicted molar refractivity (Wildman–Crippen MR) is 132 cm³/mol. The summed E-state index contributed by atoms with van der Waals surface area (Å²) in [5.74, 6) is 1.58. The largest absolute Gasteiger partial charge is 0.484 e. The van der Waals surface area contributed by atoms with Crippen molar-refractivity contribution in [3.05, 3.63) is 76.1 Å². The van der Waals surface area contributed by atoms with Crippen molar-refractivity contribution in [1.29, 1.82) is 0 Å². The van der Waals surface area contributed by atoms with Crippen LogP contribution in [-0.4, -0.2) is 27.7 Å². The summed E-state index contributed by atoms with van der Waals surface area (Å²) in [5.41, 5.74) is 5.70. The maximum atomic E-state index is 12.4. The number of H-pyrrole nitrogens is 1. The van der Waals surface area contributed by atoms with Gasteiger partial charge in [-0.05, 0) is 54.8 Å². The molecule has 0 saturated carbocycles. The number of nitrogens with zero attached hydrogens (tertiary/aromatic N) is 2. The molecule has 2 heterocycles. The van der Waals surface area contributed by atoms with Crippen molar-refractivity contribution in [1.82, 2.24) is 15.0 Å². The molecule has 0 aliphatic carbocycles. The second-order valence-corrected chi connectivity index (χ2v) is 10.1. The van der Waals surface area contributed by atoms with E-state index in [0.717, 1.165) is 27.6 Å². The number of aromatic amines is 1. The number of nitrogens with one attached hydrogen (secondary N) is 1. The van der Waals surface area contributed by atoms with E-state index in [-0.39, 0.29) is 5.75 Å². The van der Waals surface area contributed by atoms with E-state index in [1.54, 1.807) is 17.8 Å². The lowest BCUT2D eigenvalue weighted by molar-refractivity contribution is -0.153. The van der Waals surface area contributed by atoms with Gasteiger partial charge in [0.1, 0.15) is 5.75 Å². The molecule has 0 amide bonds. The molecule has 0 unspecified atom stereocenters. The number of benzene rings is 2. The van der Waals surface area contributed by atoms with Crippen molar-refractivity contribution in [2.75, 3.05) is 6.61 Å². The van der Waals surface area contributed by atoms with Gasteiger partial charge in [-0.2, -0.15) is 13.2 Å². The number of rotatable bonds is 8. The van der Waals surface area contributed by atoms with Crippen LogP contribution in [0.15, 0.2) is 58.7 Å². The molecule has 34 heavy (non-hydrogen) atoms. The van der Waals surface area contributed by atoms with E-state index in [4.69, 9.17) is 16.3 Å². The van der Waals surface area contributed by atoms with E-state index < -0.39 is 12.8 Å². The number of imidazole rings is 1. The summed E-state index contributed by atoms with van der Waals surface area (Å²) in [6.45, 7) is 2.80. The maximum Gasteiger partial charge on any atom is 0.422 e. The van der Waals surface area contributed by atoms with Crippen LogP contribution in [-0.2, 0) is 11.5 Å². The van der Waals surface area contributed by atoms with Gasteiger partial charge >= 0.3 is 6.18 Å². The predicted octanol–water partition coefficient (Wildman–Crippen LogP) is 7.75. The number of pyridine rings is 1. The van der Waals surface area contributed by atoms with Crippen LogP contribution in [0.5, 0.6) is 5.75 Å². The molecule has 0 aliphatic rings. The lowest BCUT2D eigenvalue weighted by Crippen LogP contribution is -2.19. The van der Waals surface area contributed by atoms with Crippen LogP contribution in [0.3, 0.4) is 0 Å². The van der Waals surface area contributed by atoms with Crippen molar-refractivity contribution in [3.63, 3.8) is 0 Å². The molecular formula is C24H21ClF3N3OS2.